The van der Waals surface area contributed by atoms with Gasteiger partial charge in [-0.1, -0.05) is 30.3 Å². The summed E-state index contributed by atoms with van der Waals surface area (Å²) in [5.74, 6) is -0.0729. The highest BCUT2D eigenvalue weighted by molar-refractivity contribution is 5.92. The number of carbonyl (C=O) groups excluding carboxylic acids is 1. The second-order valence-electron chi connectivity index (χ2n) is 6.20. The van der Waals surface area contributed by atoms with Crippen LogP contribution in [0.4, 0.5) is 0 Å². The highest BCUT2D eigenvalue weighted by Gasteiger charge is 2.23. The molecule has 1 aliphatic heterocycles. The van der Waals surface area contributed by atoms with E-state index in [9.17, 15) is 4.79 Å². The summed E-state index contributed by atoms with van der Waals surface area (Å²) in [5.41, 5.74) is 2.40. The van der Waals surface area contributed by atoms with Crippen molar-refractivity contribution in [2.24, 2.45) is 0 Å². The molecule has 0 spiro atoms. The maximum Gasteiger partial charge on any atom is 0.272 e. The van der Waals surface area contributed by atoms with E-state index in [1.165, 1.54) is 0 Å². The highest BCUT2D eigenvalue weighted by atomic mass is 16.5. The summed E-state index contributed by atoms with van der Waals surface area (Å²) in [7, 11) is 0. The molecular formula is C20H20N4O2. The first-order valence-electron chi connectivity index (χ1n) is 8.73. The van der Waals surface area contributed by atoms with E-state index in [0.29, 0.717) is 25.4 Å². The van der Waals surface area contributed by atoms with Crippen LogP contribution in [0.25, 0.3) is 5.69 Å². The van der Waals surface area contributed by atoms with Gasteiger partial charge in [-0.3, -0.25) is 9.78 Å². The fourth-order valence-electron chi connectivity index (χ4n) is 3.17. The molecule has 0 radical (unpaired) electrons. The Bertz CT molecular complexity index is 865. The first-order chi connectivity index (χ1) is 12.8. The van der Waals surface area contributed by atoms with Crippen LogP contribution in [0.15, 0.2) is 67.1 Å². The van der Waals surface area contributed by atoms with Crippen molar-refractivity contribution in [1.82, 2.24) is 19.7 Å². The van der Waals surface area contributed by atoms with Gasteiger partial charge in [0.15, 0.2) is 0 Å². The van der Waals surface area contributed by atoms with Crippen molar-refractivity contribution in [3.05, 3.63) is 78.4 Å². The molecule has 1 atom stereocenters. The molecule has 0 bridgehead atoms. The average molecular weight is 348 g/mol. The van der Waals surface area contributed by atoms with Crippen LogP contribution in [0.3, 0.4) is 0 Å². The Kier molecular flexibility index (Phi) is 4.75. The number of hydrogen-bond acceptors (Lipinski definition) is 4. The lowest BCUT2D eigenvalue weighted by atomic mass is 10.1. The largest absolute Gasteiger partial charge is 0.372 e. The molecule has 1 unspecified atom stereocenters. The second-order valence-corrected chi connectivity index (χ2v) is 6.20. The van der Waals surface area contributed by atoms with Crippen LogP contribution in [0.2, 0.25) is 0 Å². The van der Waals surface area contributed by atoms with E-state index in [1.807, 2.05) is 41.4 Å². The van der Waals surface area contributed by atoms with E-state index in [1.54, 1.807) is 23.1 Å². The molecule has 1 saturated heterocycles. The minimum atomic E-state index is -0.0729. The van der Waals surface area contributed by atoms with E-state index in [2.05, 4.69) is 22.2 Å². The van der Waals surface area contributed by atoms with Crippen LogP contribution in [-0.4, -0.2) is 45.3 Å². The first kappa shape index (κ1) is 16.5. The normalized spacial score (nSPS) is 17.7. The molecule has 132 valence electrons. The number of benzene rings is 1. The van der Waals surface area contributed by atoms with Crippen molar-refractivity contribution >= 4 is 5.91 Å². The van der Waals surface area contributed by atoms with Crippen molar-refractivity contribution in [1.29, 1.82) is 0 Å². The summed E-state index contributed by atoms with van der Waals surface area (Å²) < 4.78 is 7.68. The maximum atomic E-state index is 12.9. The minimum Gasteiger partial charge on any atom is -0.372 e. The molecule has 1 aromatic carbocycles. The molecular weight excluding hydrogens is 328 g/mol. The molecule has 3 aromatic rings. The van der Waals surface area contributed by atoms with Gasteiger partial charge in [0.25, 0.3) is 5.91 Å². The monoisotopic (exact) mass is 348 g/mol. The fraction of sp³-hybridized carbons (Fsp3) is 0.250. The highest BCUT2D eigenvalue weighted by Crippen LogP contribution is 2.24. The molecule has 3 heterocycles. The summed E-state index contributed by atoms with van der Waals surface area (Å²) in [6.45, 7) is 1.73. The number of nitrogens with zero attached hydrogens (tertiary/aromatic N) is 4. The Morgan fingerprint density at radius 2 is 1.96 bits per heavy atom. The van der Waals surface area contributed by atoms with Crippen LogP contribution < -0.4 is 0 Å². The first-order valence-corrected chi connectivity index (χ1v) is 8.73. The molecule has 1 fully saturated rings. The summed E-state index contributed by atoms with van der Waals surface area (Å²) >= 11 is 0. The molecule has 1 aliphatic rings. The van der Waals surface area contributed by atoms with Crippen LogP contribution in [-0.2, 0) is 4.74 Å². The SMILES string of the molecule is O=C(c1cc(-n2cccn2)ccn1)N1CCOC(c2ccccc2)CC1. The molecule has 0 saturated carbocycles. The smallest absolute Gasteiger partial charge is 0.272 e. The molecule has 0 aliphatic carbocycles. The van der Waals surface area contributed by atoms with Gasteiger partial charge in [-0.2, -0.15) is 5.10 Å². The van der Waals surface area contributed by atoms with Crippen LogP contribution in [0.1, 0.15) is 28.6 Å². The van der Waals surface area contributed by atoms with Gasteiger partial charge in [-0.25, -0.2) is 4.68 Å². The van der Waals surface area contributed by atoms with Crippen molar-refractivity contribution in [3.63, 3.8) is 0 Å². The van der Waals surface area contributed by atoms with E-state index in [4.69, 9.17) is 4.74 Å². The molecule has 6 heteroatoms. The fourth-order valence-corrected chi connectivity index (χ4v) is 3.17. The summed E-state index contributed by atoms with van der Waals surface area (Å²) in [4.78, 5) is 19.0. The van der Waals surface area contributed by atoms with Gasteiger partial charge in [0, 0.05) is 31.7 Å². The lowest BCUT2D eigenvalue weighted by Gasteiger charge is -2.19. The van der Waals surface area contributed by atoms with Crippen LogP contribution in [0.5, 0.6) is 0 Å². The Hall–Kier alpha value is -2.99. The number of carbonyl (C=O) groups is 1. The van der Waals surface area contributed by atoms with Crippen molar-refractivity contribution in [2.75, 3.05) is 19.7 Å². The van der Waals surface area contributed by atoms with E-state index in [0.717, 1.165) is 17.7 Å². The van der Waals surface area contributed by atoms with Gasteiger partial charge in [-0.05, 0) is 30.2 Å². The number of aromatic nitrogens is 3. The third kappa shape index (κ3) is 3.50. The molecule has 26 heavy (non-hydrogen) atoms. The number of rotatable bonds is 3. The van der Waals surface area contributed by atoms with Crippen molar-refractivity contribution in [2.45, 2.75) is 12.5 Å². The Labute approximate surface area is 152 Å². The summed E-state index contributed by atoms with van der Waals surface area (Å²) in [6.07, 6.45) is 5.99. The zero-order valence-corrected chi connectivity index (χ0v) is 14.4. The summed E-state index contributed by atoms with van der Waals surface area (Å²) in [6, 6.07) is 15.6. The van der Waals surface area contributed by atoms with E-state index >= 15 is 0 Å². The molecule has 6 nitrogen and oxygen atoms in total. The number of hydrogen-bond donors (Lipinski definition) is 0. The lowest BCUT2D eigenvalue weighted by Crippen LogP contribution is -2.33. The second kappa shape index (κ2) is 7.49. The molecule has 2 aromatic heterocycles. The van der Waals surface area contributed by atoms with Gasteiger partial charge in [0.05, 0.1) is 18.4 Å². The topological polar surface area (TPSA) is 60.2 Å². The maximum absolute atomic E-state index is 12.9. The zero-order chi connectivity index (χ0) is 17.8. The zero-order valence-electron chi connectivity index (χ0n) is 14.4. The molecule has 4 rings (SSSR count). The van der Waals surface area contributed by atoms with E-state index < -0.39 is 0 Å². The van der Waals surface area contributed by atoms with Crippen LogP contribution in [0, 0.1) is 0 Å². The Morgan fingerprint density at radius 1 is 1.08 bits per heavy atom. The van der Waals surface area contributed by atoms with Gasteiger partial charge >= 0.3 is 0 Å². The molecule has 0 N–H and O–H groups in total. The minimum absolute atomic E-state index is 0.0253. The lowest BCUT2D eigenvalue weighted by molar-refractivity contribution is 0.0583. The number of ether oxygens (including phenoxy) is 1. The van der Waals surface area contributed by atoms with Crippen LogP contribution >= 0.6 is 0 Å². The third-order valence-corrected chi connectivity index (χ3v) is 4.53. The third-order valence-electron chi connectivity index (χ3n) is 4.53. The Balaban J connectivity index is 1.48. The van der Waals surface area contributed by atoms with Gasteiger partial charge in [0.1, 0.15) is 5.69 Å². The Morgan fingerprint density at radius 3 is 2.77 bits per heavy atom. The van der Waals surface area contributed by atoms with Crippen molar-refractivity contribution < 1.29 is 9.53 Å². The van der Waals surface area contributed by atoms with Crippen molar-refractivity contribution in [3.8, 4) is 5.69 Å². The average Bonchev–Trinajstić information content (AvgIpc) is 3.13. The predicted octanol–water partition coefficient (Wildman–Crippen LogP) is 2.87. The number of pyridine rings is 1. The van der Waals surface area contributed by atoms with Gasteiger partial charge in [-0.15, -0.1) is 0 Å². The molecule has 1 amide bonds. The predicted molar refractivity (Wildman–Crippen MR) is 97.0 cm³/mol. The standard InChI is InChI=1S/C20H20N4O2/c25-20(18-15-17(7-10-21-18)24-11-4-9-22-24)23-12-8-19(26-14-13-23)16-5-2-1-3-6-16/h1-7,9-11,15,19H,8,12-14H2. The summed E-state index contributed by atoms with van der Waals surface area (Å²) in [5, 5.41) is 4.20. The number of amides is 1. The van der Waals surface area contributed by atoms with Gasteiger partial charge in [0.2, 0.25) is 0 Å². The van der Waals surface area contributed by atoms with Gasteiger partial charge < -0.3 is 9.64 Å². The van der Waals surface area contributed by atoms with E-state index in [-0.39, 0.29) is 12.0 Å². The quantitative estimate of drug-likeness (QED) is 0.730.